The van der Waals surface area contributed by atoms with Gasteiger partial charge in [0, 0.05) is 20.0 Å². The predicted molar refractivity (Wildman–Crippen MR) is 93.7 cm³/mol. The Morgan fingerprint density at radius 3 is 2.56 bits per heavy atom. The van der Waals surface area contributed by atoms with Crippen LogP contribution in [0.5, 0.6) is 0 Å². The van der Waals surface area contributed by atoms with Gasteiger partial charge in [0.1, 0.15) is 24.2 Å². The highest BCUT2D eigenvalue weighted by molar-refractivity contribution is 5.20. The lowest BCUT2D eigenvalue weighted by atomic mass is 10.0. The molecular weight excluding hydrogens is 320 g/mol. The molecule has 0 saturated carbocycles. The highest BCUT2D eigenvalue weighted by Crippen LogP contribution is 2.22. The van der Waals surface area contributed by atoms with Crippen molar-refractivity contribution < 1.29 is 24.5 Å². The van der Waals surface area contributed by atoms with Crippen molar-refractivity contribution in [1.82, 2.24) is 0 Å². The van der Waals surface area contributed by atoms with Crippen LogP contribution in [0.1, 0.15) is 42.1 Å². The third kappa shape index (κ3) is 6.02. The van der Waals surface area contributed by atoms with Gasteiger partial charge in [-0.3, -0.25) is 0 Å². The van der Waals surface area contributed by atoms with Crippen molar-refractivity contribution in [2.24, 2.45) is 0 Å². The number of benzene rings is 1. The first kappa shape index (κ1) is 19.2. The summed E-state index contributed by atoms with van der Waals surface area (Å²) in [5.41, 5.74) is 4.74. The number of hydrogen-bond donors (Lipinski definition) is 3. The molecule has 0 bridgehead atoms. The largest absolute Gasteiger partial charge is 0.461 e. The molecule has 5 nitrogen and oxygen atoms in total. The summed E-state index contributed by atoms with van der Waals surface area (Å²) >= 11 is 0. The lowest BCUT2D eigenvalue weighted by molar-refractivity contribution is 0.145. The monoisotopic (exact) mass is 344 g/mol. The molecule has 0 aliphatic carbocycles. The van der Waals surface area contributed by atoms with Gasteiger partial charge in [-0.05, 0) is 29.3 Å². The van der Waals surface area contributed by atoms with Crippen molar-refractivity contribution in [2.75, 3.05) is 13.7 Å². The fourth-order valence-corrected chi connectivity index (χ4v) is 2.45. The first-order valence-electron chi connectivity index (χ1n) is 8.16. The van der Waals surface area contributed by atoms with Crippen LogP contribution >= 0.6 is 0 Å². The number of aliphatic hydroxyl groups excluding tert-OH is 3. The Bertz CT molecular complexity index is 698. The second kappa shape index (κ2) is 9.99. The summed E-state index contributed by atoms with van der Waals surface area (Å²) < 4.78 is 10.5. The second-order valence-electron chi connectivity index (χ2n) is 5.73. The summed E-state index contributed by atoms with van der Waals surface area (Å²) in [5.74, 6) is 0.819. The highest BCUT2D eigenvalue weighted by atomic mass is 16.5. The van der Waals surface area contributed by atoms with E-state index >= 15 is 0 Å². The zero-order valence-corrected chi connectivity index (χ0v) is 14.3. The number of methoxy groups -OCH3 is 1. The first-order valence-corrected chi connectivity index (χ1v) is 8.16. The molecule has 0 aliphatic heterocycles. The summed E-state index contributed by atoms with van der Waals surface area (Å²) in [4.78, 5) is 0. The van der Waals surface area contributed by atoms with Gasteiger partial charge in [0.15, 0.2) is 0 Å². The van der Waals surface area contributed by atoms with Gasteiger partial charge in [-0.15, -0.1) is 5.73 Å². The van der Waals surface area contributed by atoms with E-state index in [1.807, 2.05) is 30.3 Å². The number of aliphatic hydroxyl groups is 3. The highest BCUT2D eigenvalue weighted by Gasteiger charge is 2.12. The molecule has 0 radical (unpaired) electrons. The molecular formula is C20H24O5. The Kier molecular flexibility index (Phi) is 7.67. The molecule has 0 spiro atoms. The molecule has 3 N–H and O–H groups in total. The Hall–Kier alpha value is -2.14. The quantitative estimate of drug-likeness (QED) is 0.609. The van der Waals surface area contributed by atoms with Crippen LogP contribution in [0.25, 0.3) is 0 Å². The minimum Gasteiger partial charge on any atom is -0.461 e. The average Bonchev–Trinajstić information content (AvgIpc) is 3.12. The maximum Gasteiger partial charge on any atom is 0.133 e. The van der Waals surface area contributed by atoms with E-state index in [-0.39, 0.29) is 6.61 Å². The van der Waals surface area contributed by atoms with Gasteiger partial charge in [-0.25, -0.2) is 0 Å². The molecule has 25 heavy (non-hydrogen) atoms. The molecule has 2 aromatic rings. The zero-order chi connectivity index (χ0) is 18.1. The summed E-state index contributed by atoms with van der Waals surface area (Å²) in [6.07, 6.45) is 0.982. The summed E-state index contributed by atoms with van der Waals surface area (Å²) in [7, 11) is 1.59. The molecule has 0 amide bonds. The number of ether oxygens (including phenoxy) is 1. The normalized spacial score (nSPS) is 13.1. The third-order valence-electron chi connectivity index (χ3n) is 3.76. The zero-order valence-electron chi connectivity index (χ0n) is 14.3. The minimum absolute atomic E-state index is 0.197. The minimum atomic E-state index is -0.810. The number of hydrogen-bond acceptors (Lipinski definition) is 5. The molecule has 1 heterocycles. The van der Waals surface area contributed by atoms with Crippen molar-refractivity contribution >= 4 is 0 Å². The second-order valence-corrected chi connectivity index (χ2v) is 5.73. The molecule has 0 unspecified atom stereocenters. The van der Waals surface area contributed by atoms with Crippen LogP contribution in [0, 0.1) is 0 Å². The predicted octanol–water partition coefficient (Wildman–Crippen LogP) is 3.05. The molecule has 2 rings (SSSR count). The Morgan fingerprint density at radius 2 is 1.92 bits per heavy atom. The maximum atomic E-state index is 10.3. The molecule has 1 aromatic carbocycles. The van der Waals surface area contributed by atoms with E-state index in [0.717, 1.165) is 11.1 Å². The Balaban J connectivity index is 2.01. The van der Waals surface area contributed by atoms with Crippen LogP contribution in [0.4, 0.5) is 0 Å². The van der Waals surface area contributed by atoms with E-state index in [9.17, 15) is 10.2 Å². The Morgan fingerprint density at radius 1 is 1.16 bits per heavy atom. The fraction of sp³-hybridized carbons (Fsp3) is 0.350. The van der Waals surface area contributed by atoms with Gasteiger partial charge in [-0.2, -0.15) is 0 Å². The van der Waals surface area contributed by atoms with Crippen LogP contribution in [0.2, 0.25) is 0 Å². The van der Waals surface area contributed by atoms with E-state index in [4.69, 9.17) is 14.3 Å². The van der Waals surface area contributed by atoms with Crippen LogP contribution < -0.4 is 0 Å². The smallest absolute Gasteiger partial charge is 0.133 e. The van der Waals surface area contributed by atoms with E-state index in [1.54, 1.807) is 25.3 Å². The van der Waals surface area contributed by atoms with Crippen LogP contribution in [-0.4, -0.2) is 29.0 Å². The maximum absolute atomic E-state index is 10.3. The van der Waals surface area contributed by atoms with Crippen molar-refractivity contribution in [3.8, 4) is 0 Å². The SMILES string of the molecule is COCC(=C=CC[C@@H](O)c1ccc(CO)o1)C[C@@H](O)c1ccccc1. The van der Waals surface area contributed by atoms with Crippen LogP contribution in [0.15, 0.2) is 64.3 Å². The fourth-order valence-electron chi connectivity index (χ4n) is 2.45. The van der Waals surface area contributed by atoms with Gasteiger partial charge in [0.2, 0.25) is 0 Å². The average molecular weight is 344 g/mol. The lowest BCUT2D eigenvalue weighted by Gasteiger charge is -2.12. The molecule has 0 saturated heterocycles. The molecule has 5 heteroatoms. The van der Waals surface area contributed by atoms with Gasteiger partial charge in [-0.1, -0.05) is 30.3 Å². The molecule has 0 aliphatic rings. The topological polar surface area (TPSA) is 83.1 Å². The van der Waals surface area contributed by atoms with Crippen molar-refractivity contribution in [3.63, 3.8) is 0 Å². The third-order valence-corrected chi connectivity index (χ3v) is 3.76. The number of rotatable bonds is 9. The van der Waals surface area contributed by atoms with Crippen molar-refractivity contribution in [1.29, 1.82) is 0 Å². The standard InChI is InChI=1S/C20H24O5/c1-24-14-15(12-19(23)16-7-3-2-4-8-16)6-5-9-18(22)20-11-10-17(13-21)25-20/h2-5,7-8,10-11,18-19,21-23H,9,12-14H2,1H3/t6?,18-,19-/m1/s1. The molecule has 134 valence electrons. The summed E-state index contributed by atoms with van der Waals surface area (Å²) in [5, 5.41) is 29.4. The lowest BCUT2D eigenvalue weighted by Crippen LogP contribution is -2.02. The summed E-state index contributed by atoms with van der Waals surface area (Å²) in [6, 6.07) is 12.7. The van der Waals surface area contributed by atoms with Gasteiger partial charge in [0.25, 0.3) is 0 Å². The Labute approximate surface area is 147 Å². The number of furan rings is 1. The van der Waals surface area contributed by atoms with Gasteiger partial charge >= 0.3 is 0 Å². The van der Waals surface area contributed by atoms with Crippen LogP contribution in [-0.2, 0) is 11.3 Å². The van der Waals surface area contributed by atoms with E-state index in [0.29, 0.717) is 31.0 Å². The van der Waals surface area contributed by atoms with E-state index < -0.39 is 12.2 Å². The molecule has 0 fully saturated rings. The van der Waals surface area contributed by atoms with E-state index in [2.05, 4.69) is 5.73 Å². The van der Waals surface area contributed by atoms with Crippen molar-refractivity contribution in [3.05, 3.63) is 76.9 Å². The van der Waals surface area contributed by atoms with Crippen LogP contribution in [0.3, 0.4) is 0 Å². The molecule has 2 atom stereocenters. The first-order chi connectivity index (χ1) is 12.1. The van der Waals surface area contributed by atoms with Crippen molar-refractivity contribution in [2.45, 2.75) is 31.7 Å². The van der Waals surface area contributed by atoms with E-state index in [1.165, 1.54) is 0 Å². The van der Waals surface area contributed by atoms with Gasteiger partial charge in [0.05, 0.1) is 12.7 Å². The van der Waals surface area contributed by atoms with Gasteiger partial charge < -0.3 is 24.5 Å². The summed E-state index contributed by atoms with van der Waals surface area (Å²) in [6.45, 7) is 0.156. The molecule has 1 aromatic heterocycles.